The van der Waals surface area contributed by atoms with Crippen LogP contribution in [0.4, 0.5) is 5.69 Å². The minimum absolute atomic E-state index is 0.0196. The normalized spacial score (nSPS) is 21.4. The molecule has 0 fully saturated rings. The number of carbonyl (C=O) groups excluding carboxylic acids is 2. The SMILES string of the molecule is Cc1cccc(C2CC(=O)N(c3cccc(Cl)c3C)C3=C2C(=O)CC(C)(C)C3)c1. The van der Waals surface area contributed by atoms with E-state index in [1.807, 2.05) is 50.2 Å². The van der Waals surface area contributed by atoms with Crippen molar-refractivity contribution in [3.8, 4) is 0 Å². The van der Waals surface area contributed by atoms with Gasteiger partial charge >= 0.3 is 0 Å². The van der Waals surface area contributed by atoms with E-state index < -0.39 is 0 Å². The Morgan fingerprint density at radius 3 is 2.48 bits per heavy atom. The van der Waals surface area contributed by atoms with E-state index in [0.29, 0.717) is 24.3 Å². The molecule has 2 aromatic rings. The number of halogens is 1. The second-order valence-corrected chi connectivity index (χ2v) is 9.49. The number of carbonyl (C=O) groups is 2. The molecule has 0 aromatic heterocycles. The molecule has 0 saturated heterocycles. The molecule has 0 bridgehead atoms. The van der Waals surface area contributed by atoms with Crippen LogP contribution in [-0.2, 0) is 9.59 Å². The molecule has 0 saturated carbocycles. The van der Waals surface area contributed by atoms with E-state index in [2.05, 4.69) is 19.9 Å². The summed E-state index contributed by atoms with van der Waals surface area (Å²) in [6, 6.07) is 13.8. The molecule has 4 heteroatoms. The van der Waals surface area contributed by atoms with Crippen LogP contribution < -0.4 is 4.90 Å². The Kier molecular flexibility index (Phi) is 4.90. The van der Waals surface area contributed by atoms with Gasteiger partial charge in [0.1, 0.15) is 0 Å². The van der Waals surface area contributed by atoms with Crippen molar-refractivity contribution in [1.29, 1.82) is 0 Å². The molecule has 1 aliphatic carbocycles. The van der Waals surface area contributed by atoms with Gasteiger partial charge in [-0.15, -0.1) is 0 Å². The Bertz CT molecular complexity index is 1050. The number of hydrogen-bond donors (Lipinski definition) is 0. The van der Waals surface area contributed by atoms with Gasteiger partial charge in [-0.25, -0.2) is 0 Å². The zero-order valence-corrected chi connectivity index (χ0v) is 18.1. The molecule has 0 N–H and O–H groups in total. The third kappa shape index (κ3) is 3.53. The Hall–Kier alpha value is -2.39. The van der Waals surface area contributed by atoms with Gasteiger partial charge in [-0.05, 0) is 48.9 Å². The highest BCUT2D eigenvalue weighted by Gasteiger charge is 2.44. The quantitative estimate of drug-likeness (QED) is 0.601. The third-order valence-electron chi connectivity index (χ3n) is 6.07. The Morgan fingerprint density at radius 1 is 1.03 bits per heavy atom. The van der Waals surface area contributed by atoms with E-state index in [1.165, 1.54) is 0 Å². The molecule has 1 heterocycles. The molecule has 1 aliphatic heterocycles. The Balaban J connectivity index is 1.94. The largest absolute Gasteiger partial charge is 0.294 e. The predicted octanol–water partition coefficient (Wildman–Crippen LogP) is 6.12. The number of benzene rings is 2. The summed E-state index contributed by atoms with van der Waals surface area (Å²) in [6.07, 6.45) is 1.49. The van der Waals surface area contributed by atoms with Crippen LogP contribution in [0.3, 0.4) is 0 Å². The second kappa shape index (κ2) is 7.14. The standard InChI is InChI=1S/C25H26ClNO2/c1-15-7-5-8-17(11-15)18-12-23(29)27(20-10-6-9-19(26)16(20)2)21-13-25(3,4)14-22(28)24(18)21/h5-11,18H,12-14H2,1-4H3. The van der Waals surface area contributed by atoms with Gasteiger partial charge in [-0.2, -0.15) is 0 Å². The lowest BCUT2D eigenvalue weighted by Gasteiger charge is -2.43. The summed E-state index contributed by atoms with van der Waals surface area (Å²) in [5.41, 5.74) is 5.28. The molecular weight excluding hydrogens is 382 g/mol. The highest BCUT2D eigenvalue weighted by molar-refractivity contribution is 6.31. The highest BCUT2D eigenvalue weighted by atomic mass is 35.5. The molecule has 0 radical (unpaired) electrons. The van der Waals surface area contributed by atoms with Crippen LogP contribution in [0.15, 0.2) is 53.7 Å². The van der Waals surface area contributed by atoms with Gasteiger partial charge in [0.25, 0.3) is 0 Å². The number of Topliss-reactive ketones (excluding diaryl/α,β-unsaturated/α-hetero) is 1. The third-order valence-corrected chi connectivity index (χ3v) is 6.48. The first-order valence-corrected chi connectivity index (χ1v) is 10.5. The van der Waals surface area contributed by atoms with Gasteiger partial charge < -0.3 is 0 Å². The van der Waals surface area contributed by atoms with Crippen LogP contribution >= 0.6 is 11.6 Å². The first-order chi connectivity index (χ1) is 13.7. The van der Waals surface area contributed by atoms with Gasteiger partial charge in [-0.3, -0.25) is 14.5 Å². The predicted molar refractivity (Wildman–Crippen MR) is 117 cm³/mol. The van der Waals surface area contributed by atoms with E-state index in [4.69, 9.17) is 11.6 Å². The van der Waals surface area contributed by atoms with Crippen molar-refractivity contribution in [2.75, 3.05) is 4.90 Å². The topological polar surface area (TPSA) is 37.4 Å². The van der Waals surface area contributed by atoms with Crippen molar-refractivity contribution < 1.29 is 9.59 Å². The molecule has 1 amide bonds. The number of anilines is 1. The van der Waals surface area contributed by atoms with Crippen molar-refractivity contribution in [3.63, 3.8) is 0 Å². The molecule has 1 unspecified atom stereocenters. The molecule has 4 rings (SSSR count). The zero-order valence-electron chi connectivity index (χ0n) is 17.4. The fourth-order valence-corrected chi connectivity index (χ4v) is 4.87. The lowest BCUT2D eigenvalue weighted by atomic mass is 9.69. The summed E-state index contributed by atoms with van der Waals surface area (Å²) in [5.74, 6) is -0.0113. The number of allylic oxidation sites excluding steroid dienone is 2. The Labute approximate surface area is 177 Å². The van der Waals surface area contributed by atoms with E-state index >= 15 is 0 Å². The van der Waals surface area contributed by atoms with Crippen LogP contribution in [0.5, 0.6) is 0 Å². The van der Waals surface area contributed by atoms with E-state index in [9.17, 15) is 9.59 Å². The number of ketones is 1. The van der Waals surface area contributed by atoms with Crippen LogP contribution in [0.2, 0.25) is 5.02 Å². The van der Waals surface area contributed by atoms with E-state index in [-0.39, 0.29) is 23.0 Å². The van der Waals surface area contributed by atoms with Gasteiger partial charge in [0, 0.05) is 35.1 Å². The van der Waals surface area contributed by atoms with Gasteiger partial charge in [0.15, 0.2) is 5.78 Å². The van der Waals surface area contributed by atoms with Crippen LogP contribution in [-0.4, -0.2) is 11.7 Å². The fraction of sp³-hybridized carbons (Fsp3) is 0.360. The van der Waals surface area contributed by atoms with Crippen molar-refractivity contribution in [1.82, 2.24) is 0 Å². The maximum atomic E-state index is 13.4. The first-order valence-electron chi connectivity index (χ1n) is 10.1. The monoisotopic (exact) mass is 407 g/mol. The minimum atomic E-state index is -0.185. The summed E-state index contributed by atoms with van der Waals surface area (Å²) in [5, 5.41) is 0.625. The summed E-state index contributed by atoms with van der Waals surface area (Å²) in [6.45, 7) is 8.15. The number of nitrogens with zero attached hydrogens (tertiary/aromatic N) is 1. The summed E-state index contributed by atoms with van der Waals surface area (Å²) < 4.78 is 0. The maximum Gasteiger partial charge on any atom is 0.232 e. The van der Waals surface area contributed by atoms with Crippen LogP contribution in [0, 0.1) is 19.3 Å². The average Bonchev–Trinajstić information content (AvgIpc) is 2.63. The maximum absolute atomic E-state index is 13.4. The van der Waals surface area contributed by atoms with E-state index in [1.54, 1.807) is 4.90 Å². The smallest absolute Gasteiger partial charge is 0.232 e. The molecule has 3 nitrogen and oxygen atoms in total. The first kappa shape index (κ1) is 19.9. The molecule has 0 spiro atoms. The fourth-order valence-electron chi connectivity index (χ4n) is 4.70. The Morgan fingerprint density at radius 2 is 1.76 bits per heavy atom. The summed E-state index contributed by atoms with van der Waals surface area (Å²) >= 11 is 6.36. The van der Waals surface area contributed by atoms with Crippen LogP contribution in [0.25, 0.3) is 0 Å². The molecule has 29 heavy (non-hydrogen) atoms. The average molecular weight is 408 g/mol. The van der Waals surface area contributed by atoms with Crippen molar-refractivity contribution in [2.45, 2.75) is 52.9 Å². The molecule has 1 atom stereocenters. The van der Waals surface area contributed by atoms with E-state index in [0.717, 1.165) is 33.6 Å². The lowest BCUT2D eigenvalue weighted by molar-refractivity contribution is -0.121. The van der Waals surface area contributed by atoms with Crippen molar-refractivity contribution in [3.05, 3.63) is 75.4 Å². The summed E-state index contributed by atoms with van der Waals surface area (Å²) in [7, 11) is 0. The highest BCUT2D eigenvalue weighted by Crippen LogP contribution is 2.48. The molecule has 2 aliphatic rings. The van der Waals surface area contributed by atoms with Crippen molar-refractivity contribution >= 4 is 29.0 Å². The van der Waals surface area contributed by atoms with Gasteiger partial charge in [0.2, 0.25) is 5.91 Å². The van der Waals surface area contributed by atoms with Crippen molar-refractivity contribution in [2.24, 2.45) is 5.41 Å². The molecular formula is C25H26ClNO2. The number of aryl methyl sites for hydroxylation is 1. The number of amides is 1. The van der Waals surface area contributed by atoms with Gasteiger partial charge in [-0.1, -0.05) is 61.3 Å². The summed E-state index contributed by atoms with van der Waals surface area (Å²) in [4.78, 5) is 28.5. The minimum Gasteiger partial charge on any atom is -0.294 e. The second-order valence-electron chi connectivity index (χ2n) is 9.09. The zero-order chi connectivity index (χ0) is 20.9. The lowest BCUT2D eigenvalue weighted by Crippen LogP contribution is -2.44. The number of hydrogen-bond acceptors (Lipinski definition) is 2. The van der Waals surface area contributed by atoms with Crippen LogP contribution in [0.1, 0.15) is 55.7 Å². The van der Waals surface area contributed by atoms with Gasteiger partial charge in [0.05, 0.1) is 5.69 Å². The molecule has 150 valence electrons. The molecule has 2 aromatic carbocycles. The number of rotatable bonds is 2.